The number of rotatable bonds is 7. The van der Waals surface area contributed by atoms with Crippen LogP contribution in [0, 0.1) is 13.8 Å². The predicted octanol–water partition coefficient (Wildman–Crippen LogP) is 11.0. The number of imidazole rings is 1. The number of fused-ring (bicyclic) bond motifs is 1. The van der Waals surface area contributed by atoms with Gasteiger partial charge in [0.2, 0.25) is 0 Å². The van der Waals surface area contributed by atoms with Crippen LogP contribution in [0.2, 0.25) is 0 Å². The molecule has 7 aromatic rings. The van der Waals surface area contributed by atoms with Crippen LogP contribution in [0.25, 0.3) is 73.7 Å². The summed E-state index contributed by atoms with van der Waals surface area (Å²) in [5.74, 6) is 0. The summed E-state index contributed by atoms with van der Waals surface area (Å²) in [6.07, 6.45) is 5.85. The molecule has 0 aliphatic carbocycles. The molecule has 0 atom stereocenters. The second-order valence-electron chi connectivity index (χ2n) is 11.4. The van der Waals surface area contributed by atoms with E-state index in [2.05, 4.69) is 132 Å². The molecule has 4 aromatic carbocycles. The quantitative estimate of drug-likeness (QED) is 0.188. The van der Waals surface area contributed by atoms with Gasteiger partial charge in [-0.25, -0.2) is 4.98 Å². The van der Waals surface area contributed by atoms with Crippen molar-refractivity contribution >= 4 is 17.8 Å². The lowest BCUT2D eigenvalue weighted by molar-refractivity contribution is 1.12. The minimum atomic E-state index is 0.928. The number of aromatic nitrogens is 3. The van der Waals surface area contributed by atoms with Crippen molar-refractivity contribution in [3.8, 4) is 55.9 Å². The normalized spacial score (nSPS) is 11.1. The van der Waals surface area contributed by atoms with E-state index < -0.39 is 0 Å². The summed E-state index contributed by atoms with van der Waals surface area (Å²) < 4.78 is 2.17. The lowest BCUT2D eigenvalue weighted by atomic mass is 9.91. The van der Waals surface area contributed by atoms with Gasteiger partial charge in [0.05, 0.1) is 11.4 Å². The smallest absolute Gasteiger partial charge is 0.137 e. The van der Waals surface area contributed by atoms with Gasteiger partial charge in [-0.05, 0) is 107 Å². The maximum atomic E-state index is 5.06. The molecule has 45 heavy (non-hydrogen) atoms. The van der Waals surface area contributed by atoms with Crippen LogP contribution in [0.3, 0.4) is 0 Å². The Morgan fingerprint density at radius 1 is 0.489 bits per heavy atom. The molecule has 0 aliphatic rings. The Hall–Kier alpha value is -5.80. The van der Waals surface area contributed by atoms with E-state index in [1.807, 2.05) is 44.2 Å². The number of hydrogen-bond donors (Lipinski definition) is 0. The average Bonchev–Trinajstić information content (AvgIpc) is 3.47. The van der Waals surface area contributed by atoms with E-state index in [1.165, 1.54) is 0 Å². The lowest BCUT2D eigenvalue weighted by Crippen LogP contribution is -1.91. The zero-order valence-electron chi connectivity index (χ0n) is 25.5. The number of pyridine rings is 2. The zero-order valence-corrected chi connectivity index (χ0v) is 25.5. The standard InChI is InChI=1S/C42H33N3/c1-5-30-15-20-35(24-31(30)6-2)38-25-37(26-39(27-38)36-22-28(3)43-29(4)23-36)32-16-18-33(19-17-32)41-42(34-12-8-7-9-13-34)45-21-11-10-14-40(45)44-41/h5-27H,1-2H2,3-4H3. The van der Waals surface area contributed by atoms with Crippen molar-refractivity contribution in [3.05, 3.63) is 163 Å². The number of nitrogens with zero attached hydrogens (tertiary/aromatic N) is 3. The minimum Gasteiger partial charge on any atom is -0.299 e. The molecule has 0 fully saturated rings. The highest BCUT2D eigenvalue weighted by atomic mass is 15.0. The van der Waals surface area contributed by atoms with Crippen LogP contribution in [0.5, 0.6) is 0 Å². The van der Waals surface area contributed by atoms with E-state index in [1.54, 1.807) is 0 Å². The fourth-order valence-electron chi connectivity index (χ4n) is 6.14. The van der Waals surface area contributed by atoms with Crippen molar-refractivity contribution in [1.82, 2.24) is 14.4 Å². The summed E-state index contributed by atoms with van der Waals surface area (Å²) >= 11 is 0. The van der Waals surface area contributed by atoms with Crippen LogP contribution < -0.4 is 0 Å². The molecule has 0 saturated heterocycles. The summed E-state index contributed by atoms with van der Waals surface area (Å²) in [5.41, 5.74) is 16.2. The van der Waals surface area contributed by atoms with Crippen molar-refractivity contribution in [2.75, 3.05) is 0 Å². The van der Waals surface area contributed by atoms with E-state index in [0.717, 1.165) is 84.1 Å². The first-order valence-corrected chi connectivity index (χ1v) is 15.1. The monoisotopic (exact) mass is 579 g/mol. The third kappa shape index (κ3) is 5.41. The Bertz CT molecular complexity index is 2180. The van der Waals surface area contributed by atoms with Gasteiger partial charge < -0.3 is 0 Å². The first kappa shape index (κ1) is 28.0. The van der Waals surface area contributed by atoms with Crippen LogP contribution in [0.4, 0.5) is 0 Å². The zero-order chi connectivity index (χ0) is 30.9. The summed E-state index contributed by atoms with van der Waals surface area (Å²) in [7, 11) is 0. The highest BCUT2D eigenvalue weighted by Crippen LogP contribution is 2.37. The summed E-state index contributed by atoms with van der Waals surface area (Å²) in [5, 5.41) is 0. The predicted molar refractivity (Wildman–Crippen MR) is 190 cm³/mol. The van der Waals surface area contributed by atoms with E-state index in [-0.39, 0.29) is 0 Å². The third-order valence-corrected chi connectivity index (χ3v) is 8.28. The maximum absolute atomic E-state index is 5.06. The molecule has 0 radical (unpaired) electrons. The molecule has 0 N–H and O–H groups in total. The van der Waals surface area contributed by atoms with Crippen molar-refractivity contribution in [2.45, 2.75) is 13.8 Å². The van der Waals surface area contributed by atoms with E-state index >= 15 is 0 Å². The van der Waals surface area contributed by atoms with Crippen LogP contribution in [-0.2, 0) is 0 Å². The third-order valence-electron chi connectivity index (χ3n) is 8.28. The molecule has 0 amide bonds. The molecule has 216 valence electrons. The molecule has 3 heterocycles. The summed E-state index contributed by atoms with van der Waals surface area (Å²) in [6, 6.07) is 43.0. The highest BCUT2D eigenvalue weighted by Gasteiger charge is 2.16. The second-order valence-corrected chi connectivity index (χ2v) is 11.4. The number of aryl methyl sites for hydroxylation is 2. The molecule has 0 spiro atoms. The van der Waals surface area contributed by atoms with E-state index in [9.17, 15) is 0 Å². The van der Waals surface area contributed by atoms with Crippen LogP contribution in [-0.4, -0.2) is 14.4 Å². The van der Waals surface area contributed by atoms with E-state index in [4.69, 9.17) is 4.98 Å². The molecule has 0 unspecified atom stereocenters. The fourth-order valence-corrected chi connectivity index (χ4v) is 6.14. The van der Waals surface area contributed by atoms with Crippen molar-refractivity contribution in [2.24, 2.45) is 0 Å². The molecule has 3 aromatic heterocycles. The Morgan fingerprint density at radius 3 is 1.76 bits per heavy atom. The average molecular weight is 580 g/mol. The first-order valence-electron chi connectivity index (χ1n) is 15.1. The Labute approximate surface area is 264 Å². The molecular formula is C42H33N3. The Morgan fingerprint density at radius 2 is 1.07 bits per heavy atom. The molecule has 0 bridgehead atoms. The molecule has 3 nitrogen and oxygen atoms in total. The van der Waals surface area contributed by atoms with E-state index in [0.29, 0.717) is 0 Å². The SMILES string of the molecule is C=Cc1ccc(-c2cc(-c3ccc(-c4nc5ccccn5c4-c4ccccc4)cc3)cc(-c3cc(C)nc(C)c3)c2)cc1C=C. The first-order chi connectivity index (χ1) is 22.0. The maximum Gasteiger partial charge on any atom is 0.137 e. The molecule has 7 rings (SSSR count). The molecular weight excluding hydrogens is 546 g/mol. The number of hydrogen-bond acceptors (Lipinski definition) is 2. The van der Waals surface area contributed by atoms with Gasteiger partial charge in [-0.15, -0.1) is 0 Å². The summed E-state index contributed by atoms with van der Waals surface area (Å²) in [6.45, 7) is 12.1. The molecule has 0 aliphatic heterocycles. The largest absolute Gasteiger partial charge is 0.299 e. The number of benzene rings is 4. The van der Waals surface area contributed by atoms with Gasteiger partial charge in [-0.1, -0.05) is 98.1 Å². The van der Waals surface area contributed by atoms with Crippen molar-refractivity contribution < 1.29 is 0 Å². The van der Waals surface area contributed by atoms with Crippen LogP contribution >= 0.6 is 0 Å². The van der Waals surface area contributed by atoms with Gasteiger partial charge in [-0.3, -0.25) is 9.38 Å². The Balaban J connectivity index is 1.36. The van der Waals surface area contributed by atoms with Crippen molar-refractivity contribution in [3.63, 3.8) is 0 Å². The lowest BCUT2D eigenvalue weighted by Gasteiger charge is -2.14. The van der Waals surface area contributed by atoms with Gasteiger partial charge in [0.1, 0.15) is 5.65 Å². The second kappa shape index (κ2) is 11.7. The van der Waals surface area contributed by atoms with Crippen molar-refractivity contribution in [1.29, 1.82) is 0 Å². The van der Waals surface area contributed by atoms with Gasteiger partial charge in [0, 0.05) is 28.7 Å². The Kier molecular flexibility index (Phi) is 7.28. The van der Waals surface area contributed by atoms with Crippen LogP contribution in [0.1, 0.15) is 22.5 Å². The van der Waals surface area contributed by atoms with Crippen LogP contribution in [0.15, 0.2) is 141 Å². The minimum absolute atomic E-state index is 0.928. The molecule has 3 heteroatoms. The highest BCUT2D eigenvalue weighted by molar-refractivity contribution is 5.85. The van der Waals surface area contributed by atoms with Gasteiger partial charge in [0.15, 0.2) is 0 Å². The molecule has 0 saturated carbocycles. The van der Waals surface area contributed by atoms with Gasteiger partial charge >= 0.3 is 0 Å². The van der Waals surface area contributed by atoms with Gasteiger partial charge in [0.25, 0.3) is 0 Å². The topological polar surface area (TPSA) is 30.2 Å². The summed E-state index contributed by atoms with van der Waals surface area (Å²) in [4.78, 5) is 9.68. The van der Waals surface area contributed by atoms with Gasteiger partial charge in [-0.2, -0.15) is 0 Å². The fraction of sp³-hybridized carbons (Fsp3) is 0.0476.